The summed E-state index contributed by atoms with van der Waals surface area (Å²) < 4.78 is 46.0. The molecular formula is C29H24F3NO2. The first kappa shape index (κ1) is 25.4. The van der Waals surface area contributed by atoms with Crippen molar-refractivity contribution in [2.75, 3.05) is 7.11 Å². The van der Waals surface area contributed by atoms with E-state index in [1.165, 1.54) is 12.1 Å². The lowest BCUT2D eigenvalue weighted by Gasteiger charge is -2.10. The van der Waals surface area contributed by atoms with Gasteiger partial charge in [0.25, 0.3) is 0 Å². The maximum atomic E-state index is 12.7. The molecule has 0 amide bonds. The molecule has 178 valence electrons. The maximum Gasteiger partial charge on any atom is 0.416 e. The smallest absolute Gasteiger partial charge is 0.416 e. The Balaban J connectivity index is 0.00000167. The highest BCUT2D eigenvalue weighted by Crippen LogP contribution is 2.31. The number of nitrogens with zero attached hydrogens (tertiary/aromatic N) is 1. The average Bonchev–Trinajstić information content (AvgIpc) is 3.33. The first-order valence-electron chi connectivity index (χ1n) is 10.6. The van der Waals surface area contributed by atoms with E-state index < -0.39 is 11.7 Å². The molecule has 0 unspecified atom stereocenters. The van der Waals surface area contributed by atoms with Gasteiger partial charge in [0, 0.05) is 30.8 Å². The number of rotatable bonds is 6. The van der Waals surface area contributed by atoms with Crippen LogP contribution in [0, 0.1) is 12.3 Å². The number of hydrogen-bond donors (Lipinski definition) is 1. The van der Waals surface area contributed by atoms with Gasteiger partial charge in [-0.2, -0.15) is 13.2 Å². The Kier molecular flexibility index (Phi) is 8.19. The van der Waals surface area contributed by atoms with Crippen LogP contribution in [0.2, 0.25) is 0 Å². The van der Waals surface area contributed by atoms with E-state index in [2.05, 4.69) is 12.5 Å². The summed E-state index contributed by atoms with van der Waals surface area (Å²) in [6.07, 6.45) is 7.05. The van der Waals surface area contributed by atoms with Crippen LogP contribution in [-0.4, -0.2) is 16.8 Å². The van der Waals surface area contributed by atoms with Gasteiger partial charge in [-0.25, -0.2) is 0 Å². The normalized spacial score (nSPS) is 10.6. The van der Waals surface area contributed by atoms with Crippen LogP contribution in [0.25, 0.3) is 22.9 Å². The average molecular weight is 476 g/mol. The summed E-state index contributed by atoms with van der Waals surface area (Å²) >= 11 is 0. The van der Waals surface area contributed by atoms with Crippen molar-refractivity contribution in [1.29, 1.82) is 0 Å². The number of ether oxygens (including phenoxy) is 1. The first-order chi connectivity index (χ1) is 16.9. The summed E-state index contributed by atoms with van der Waals surface area (Å²) in [5.74, 6) is 3.33. The summed E-state index contributed by atoms with van der Waals surface area (Å²) in [5.41, 5.74) is 4.46. The molecule has 3 nitrogen and oxygen atoms in total. The van der Waals surface area contributed by atoms with E-state index in [1.807, 2.05) is 59.4 Å². The molecule has 0 aliphatic rings. The Morgan fingerprint density at radius 2 is 1.69 bits per heavy atom. The Bertz CT molecular complexity index is 1310. The zero-order chi connectivity index (χ0) is 25.4. The predicted octanol–water partition coefficient (Wildman–Crippen LogP) is 6.97. The molecule has 0 fully saturated rings. The van der Waals surface area contributed by atoms with Crippen LogP contribution in [0.4, 0.5) is 13.2 Å². The third-order valence-electron chi connectivity index (χ3n) is 5.24. The summed E-state index contributed by atoms with van der Waals surface area (Å²) in [4.78, 5) is 0. The van der Waals surface area contributed by atoms with E-state index >= 15 is 0 Å². The van der Waals surface area contributed by atoms with Crippen molar-refractivity contribution in [2.24, 2.45) is 0 Å². The lowest BCUT2D eigenvalue weighted by atomic mass is 10.0. The molecule has 1 heterocycles. The number of aliphatic hydroxyl groups excluding tert-OH is 1. The zero-order valence-electron chi connectivity index (χ0n) is 19.1. The molecular weight excluding hydrogens is 451 g/mol. The molecule has 0 radical (unpaired) electrons. The van der Waals surface area contributed by atoms with E-state index in [0.717, 1.165) is 47.2 Å². The van der Waals surface area contributed by atoms with Crippen molar-refractivity contribution < 1.29 is 23.0 Å². The molecule has 0 aliphatic carbocycles. The van der Waals surface area contributed by atoms with Crippen LogP contribution < -0.4 is 4.74 Å². The van der Waals surface area contributed by atoms with Gasteiger partial charge in [-0.3, -0.25) is 0 Å². The highest BCUT2D eigenvalue weighted by atomic mass is 19.4. The van der Waals surface area contributed by atoms with Gasteiger partial charge in [-0.15, -0.1) is 6.42 Å². The summed E-state index contributed by atoms with van der Waals surface area (Å²) in [7, 11) is 1.00. The number of alkyl halides is 3. The fourth-order valence-electron chi connectivity index (χ4n) is 3.44. The Labute approximate surface area is 202 Å². The van der Waals surface area contributed by atoms with E-state index in [9.17, 15) is 13.2 Å². The number of terminal acetylenes is 1. The molecule has 0 saturated heterocycles. The lowest BCUT2D eigenvalue weighted by Crippen LogP contribution is -2.05. The minimum atomic E-state index is -4.35. The quantitative estimate of drug-likeness (QED) is 0.306. The molecule has 0 spiro atoms. The topological polar surface area (TPSA) is 34.4 Å². The Hall–Kier alpha value is -4.21. The van der Waals surface area contributed by atoms with Crippen LogP contribution in [0.15, 0.2) is 91.8 Å². The third-order valence-corrected chi connectivity index (χ3v) is 5.24. The van der Waals surface area contributed by atoms with Crippen molar-refractivity contribution in [3.63, 3.8) is 0 Å². The monoisotopic (exact) mass is 475 g/mol. The van der Waals surface area contributed by atoms with Crippen molar-refractivity contribution in [1.82, 2.24) is 4.57 Å². The SMILES string of the molecule is C#Cc1cn(-c2ccc(C=C)cc2)cc1-c1cccc(OCc2ccc(C(F)(F)F)cc2)c1.CO. The van der Waals surface area contributed by atoms with Crippen molar-refractivity contribution in [3.05, 3.63) is 114 Å². The van der Waals surface area contributed by atoms with Gasteiger partial charge in [-0.1, -0.05) is 55.0 Å². The van der Waals surface area contributed by atoms with Gasteiger partial charge in [0.05, 0.1) is 11.1 Å². The van der Waals surface area contributed by atoms with Gasteiger partial charge in [-0.05, 0) is 53.1 Å². The summed E-state index contributed by atoms with van der Waals surface area (Å²) in [5, 5.41) is 7.00. The second-order valence-electron chi connectivity index (χ2n) is 7.44. The third kappa shape index (κ3) is 6.23. The molecule has 3 aromatic carbocycles. The van der Waals surface area contributed by atoms with Crippen molar-refractivity contribution in [2.45, 2.75) is 12.8 Å². The largest absolute Gasteiger partial charge is 0.489 e. The molecule has 0 atom stereocenters. The zero-order valence-corrected chi connectivity index (χ0v) is 19.1. The van der Waals surface area contributed by atoms with Gasteiger partial charge < -0.3 is 14.4 Å². The maximum absolute atomic E-state index is 12.7. The van der Waals surface area contributed by atoms with E-state index in [4.69, 9.17) is 16.3 Å². The predicted molar refractivity (Wildman–Crippen MR) is 133 cm³/mol. The molecule has 0 bridgehead atoms. The molecule has 1 aromatic heterocycles. The van der Waals surface area contributed by atoms with Crippen molar-refractivity contribution in [3.8, 4) is 34.9 Å². The summed E-state index contributed by atoms with van der Waals surface area (Å²) in [6, 6.07) is 20.3. The fraction of sp³-hybridized carbons (Fsp3) is 0.103. The first-order valence-corrected chi connectivity index (χ1v) is 10.6. The highest BCUT2D eigenvalue weighted by Gasteiger charge is 2.29. The van der Waals surface area contributed by atoms with Crippen LogP contribution in [0.1, 0.15) is 22.3 Å². The van der Waals surface area contributed by atoms with Crippen molar-refractivity contribution >= 4 is 6.08 Å². The fourth-order valence-corrected chi connectivity index (χ4v) is 3.44. The van der Waals surface area contributed by atoms with Gasteiger partial charge >= 0.3 is 6.18 Å². The van der Waals surface area contributed by atoms with Crippen LogP contribution in [-0.2, 0) is 12.8 Å². The lowest BCUT2D eigenvalue weighted by molar-refractivity contribution is -0.137. The second kappa shape index (κ2) is 11.3. The highest BCUT2D eigenvalue weighted by molar-refractivity contribution is 5.72. The molecule has 4 rings (SSSR count). The number of aliphatic hydroxyl groups is 1. The van der Waals surface area contributed by atoms with Crippen LogP contribution in [0.3, 0.4) is 0 Å². The second-order valence-corrected chi connectivity index (χ2v) is 7.44. The molecule has 6 heteroatoms. The van der Waals surface area contributed by atoms with Crippen LogP contribution in [0.5, 0.6) is 5.75 Å². The number of aromatic nitrogens is 1. The number of benzene rings is 3. The Morgan fingerprint density at radius 1 is 1.00 bits per heavy atom. The van der Waals surface area contributed by atoms with E-state index in [1.54, 1.807) is 12.1 Å². The minimum Gasteiger partial charge on any atom is -0.489 e. The molecule has 35 heavy (non-hydrogen) atoms. The van der Waals surface area contributed by atoms with E-state index in [-0.39, 0.29) is 6.61 Å². The summed E-state index contributed by atoms with van der Waals surface area (Å²) in [6.45, 7) is 3.92. The minimum absolute atomic E-state index is 0.153. The molecule has 0 saturated carbocycles. The standard InChI is InChI=1S/C28H20F3NO.CH4O/c1-3-20-10-14-25(15-11-20)32-17-22(4-2)27(18-32)23-6-5-7-26(16-23)33-19-21-8-12-24(13-9-21)28(29,30)31;1-2/h2-3,5-18H,1,19H2;2H,1H3. The molecule has 1 N–H and O–H groups in total. The Morgan fingerprint density at radius 3 is 2.29 bits per heavy atom. The van der Waals surface area contributed by atoms with Gasteiger partial charge in [0.1, 0.15) is 12.4 Å². The van der Waals surface area contributed by atoms with Crippen LogP contribution >= 0.6 is 0 Å². The van der Waals surface area contributed by atoms with E-state index in [0.29, 0.717) is 11.3 Å². The van der Waals surface area contributed by atoms with Gasteiger partial charge in [0.2, 0.25) is 0 Å². The molecule has 0 aliphatic heterocycles. The number of halogens is 3. The van der Waals surface area contributed by atoms with Gasteiger partial charge in [0.15, 0.2) is 0 Å². The number of hydrogen-bond acceptors (Lipinski definition) is 2. The molecule has 4 aromatic rings.